The molecule has 0 aliphatic carbocycles. The molecule has 6 heteroatoms. The molecule has 0 saturated heterocycles. The van der Waals surface area contributed by atoms with Crippen molar-refractivity contribution in [2.75, 3.05) is 12.8 Å². The average molecular weight is 293 g/mol. The zero-order chi connectivity index (χ0) is 15.4. The van der Waals surface area contributed by atoms with E-state index >= 15 is 0 Å². The number of nitrogen functional groups attached to an aromatic ring is 1. The van der Waals surface area contributed by atoms with E-state index in [-0.39, 0.29) is 12.3 Å². The molecule has 0 radical (unpaired) electrons. The van der Waals surface area contributed by atoms with Gasteiger partial charge in [0, 0.05) is 0 Å². The topological polar surface area (TPSA) is 61.5 Å². The minimum absolute atomic E-state index is 0.0268. The highest BCUT2D eigenvalue weighted by molar-refractivity contribution is 5.90. The maximum absolute atomic E-state index is 13.1. The van der Waals surface area contributed by atoms with Crippen LogP contribution in [0.2, 0.25) is 0 Å². The number of ether oxygens (including phenoxy) is 2. The van der Waals surface area contributed by atoms with Gasteiger partial charge in [0.25, 0.3) is 0 Å². The molecule has 2 rings (SSSR count). The van der Waals surface area contributed by atoms with Crippen molar-refractivity contribution in [2.24, 2.45) is 0 Å². The van der Waals surface area contributed by atoms with Crippen molar-refractivity contribution in [3.05, 3.63) is 59.2 Å². The molecule has 0 aliphatic rings. The Hall–Kier alpha value is -2.63. The van der Waals surface area contributed by atoms with E-state index in [2.05, 4.69) is 4.74 Å². The predicted molar refractivity (Wildman–Crippen MR) is 72.9 cm³/mol. The van der Waals surface area contributed by atoms with Gasteiger partial charge in [0.2, 0.25) is 0 Å². The smallest absolute Gasteiger partial charge is 0.337 e. The van der Waals surface area contributed by atoms with Crippen LogP contribution in [0.3, 0.4) is 0 Å². The van der Waals surface area contributed by atoms with E-state index in [9.17, 15) is 13.6 Å². The third-order valence-corrected chi connectivity index (χ3v) is 2.81. The molecular weight excluding hydrogens is 280 g/mol. The number of anilines is 1. The maximum Gasteiger partial charge on any atom is 0.337 e. The second-order valence-corrected chi connectivity index (χ2v) is 4.28. The number of rotatable bonds is 4. The van der Waals surface area contributed by atoms with Crippen molar-refractivity contribution >= 4 is 11.7 Å². The van der Waals surface area contributed by atoms with Crippen LogP contribution in [0.25, 0.3) is 0 Å². The van der Waals surface area contributed by atoms with Crippen LogP contribution in [0, 0.1) is 11.6 Å². The van der Waals surface area contributed by atoms with E-state index in [1.807, 2.05) is 0 Å². The van der Waals surface area contributed by atoms with Gasteiger partial charge in [-0.25, -0.2) is 13.6 Å². The molecular formula is C15H13F2NO3. The highest BCUT2D eigenvalue weighted by Gasteiger charge is 2.09. The summed E-state index contributed by atoms with van der Waals surface area (Å²) in [4.78, 5) is 11.3. The van der Waals surface area contributed by atoms with Gasteiger partial charge in [0.15, 0.2) is 11.6 Å². The molecule has 2 aromatic rings. The molecule has 4 nitrogen and oxygen atoms in total. The van der Waals surface area contributed by atoms with Crippen molar-refractivity contribution in [1.29, 1.82) is 0 Å². The van der Waals surface area contributed by atoms with Gasteiger partial charge in [-0.05, 0) is 35.9 Å². The number of halogens is 2. The highest BCUT2D eigenvalue weighted by Crippen LogP contribution is 2.24. The Morgan fingerprint density at radius 3 is 2.52 bits per heavy atom. The number of hydrogen-bond acceptors (Lipinski definition) is 4. The molecule has 0 amide bonds. The molecule has 0 aliphatic heterocycles. The van der Waals surface area contributed by atoms with Gasteiger partial charge >= 0.3 is 5.97 Å². The summed E-state index contributed by atoms with van der Waals surface area (Å²) >= 11 is 0. The first-order valence-electron chi connectivity index (χ1n) is 6.06. The monoisotopic (exact) mass is 293 g/mol. The molecule has 0 unspecified atom stereocenters. The molecule has 0 fully saturated rings. The summed E-state index contributed by atoms with van der Waals surface area (Å²) in [6.07, 6.45) is 0. The van der Waals surface area contributed by atoms with E-state index in [1.54, 1.807) is 0 Å². The summed E-state index contributed by atoms with van der Waals surface area (Å²) in [5.74, 6) is -2.02. The lowest BCUT2D eigenvalue weighted by Crippen LogP contribution is -2.04. The molecule has 0 aromatic heterocycles. The molecule has 0 spiro atoms. The van der Waals surface area contributed by atoms with Crippen molar-refractivity contribution in [3.63, 3.8) is 0 Å². The number of nitrogens with two attached hydrogens (primary N) is 1. The largest absolute Gasteiger partial charge is 0.487 e. The first-order chi connectivity index (χ1) is 10.0. The predicted octanol–water partition coefficient (Wildman–Crippen LogP) is 2.91. The number of esters is 1. The quantitative estimate of drug-likeness (QED) is 0.695. The molecule has 0 atom stereocenters. The number of carbonyl (C=O) groups is 1. The van der Waals surface area contributed by atoms with Crippen LogP contribution in [0.4, 0.5) is 14.5 Å². The maximum atomic E-state index is 13.1. The molecule has 21 heavy (non-hydrogen) atoms. The molecule has 2 N–H and O–H groups in total. The first-order valence-corrected chi connectivity index (χ1v) is 6.06. The number of methoxy groups -OCH3 is 1. The van der Waals surface area contributed by atoms with Gasteiger partial charge in [-0.15, -0.1) is 0 Å². The Morgan fingerprint density at radius 2 is 1.90 bits per heavy atom. The first kappa shape index (κ1) is 14.8. The van der Waals surface area contributed by atoms with Gasteiger partial charge in [-0.3, -0.25) is 0 Å². The van der Waals surface area contributed by atoms with E-state index in [0.29, 0.717) is 16.9 Å². The van der Waals surface area contributed by atoms with Gasteiger partial charge in [-0.1, -0.05) is 6.07 Å². The zero-order valence-electron chi connectivity index (χ0n) is 11.2. The highest BCUT2D eigenvalue weighted by atomic mass is 19.2. The minimum Gasteiger partial charge on any atom is -0.487 e. The normalized spacial score (nSPS) is 10.2. The second-order valence-electron chi connectivity index (χ2n) is 4.28. The van der Waals surface area contributed by atoms with Gasteiger partial charge in [0.1, 0.15) is 12.4 Å². The standard InChI is InChI=1S/C15H13F2NO3/c1-20-15(19)10-3-5-14(13(18)7-10)21-8-9-2-4-11(16)12(17)6-9/h2-7H,8,18H2,1H3. The van der Waals surface area contributed by atoms with E-state index in [1.165, 1.54) is 31.4 Å². The lowest BCUT2D eigenvalue weighted by molar-refractivity contribution is 0.0600. The number of carbonyl (C=O) groups excluding carboxylic acids is 1. The van der Waals surface area contributed by atoms with Crippen LogP contribution in [-0.2, 0) is 11.3 Å². The average Bonchev–Trinajstić information content (AvgIpc) is 2.48. The summed E-state index contributed by atoms with van der Waals surface area (Å²) in [7, 11) is 1.27. The lowest BCUT2D eigenvalue weighted by Gasteiger charge is -2.10. The summed E-state index contributed by atoms with van der Waals surface area (Å²) in [5, 5.41) is 0. The van der Waals surface area contributed by atoms with Crippen molar-refractivity contribution < 1.29 is 23.0 Å². The summed E-state index contributed by atoms with van der Waals surface area (Å²) in [6, 6.07) is 7.93. The second kappa shape index (κ2) is 6.21. The van der Waals surface area contributed by atoms with Gasteiger partial charge < -0.3 is 15.2 Å². The molecule has 0 saturated carbocycles. The summed E-state index contributed by atoms with van der Waals surface area (Å²) < 4.78 is 35.9. The van der Waals surface area contributed by atoms with Crippen LogP contribution in [-0.4, -0.2) is 13.1 Å². The minimum atomic E-state index is -0.940. The Kier molecular flexibility index (Phi) is 4.37. The molecule has 0 bridgehead atoms. The fraction of sp³-hybridized carbons (Fsp3) is 0.133. The van der Waals surface area contributed by atoms with Gasteiger partial charge in [0.05, 0.1) is 18.4 Å². The fourth-order valence-electron chi connectivity index (χ4n) is 1.72. The van der Waals surface area contributed by atoms with E-state index < -0.39 is 17.6 Å². The number of benzene rings is 2. The molecule has 110 valence electrons. The Labute approximate surface area is 120 Å². The van der Waals surface area contributed by atoms with E-state index in [4.69, 9.17) is 10.5 Å². The SMILES string of the molecule is COC(=O)c1ccc(OCc2ccc(F)c(F)c2)c(N)c1. The Balaban J connectivity index is 2.09. The summed E-state index contributed by atoms with van der Waals surface area (Å²) in [6.45, 7) is 0.0268. The van der Waals surface area contributed by atoms with Crippen molar-refractivity contribution in [2.45, 2.75) is 6.61 Å². The zero-order valence-corrected chi connectivity index (χ0v) is 11.2. The lowest BCUT2D eigenvalue weighted by atomic mass is 10.2. The van der Waals surface area contributed by atoms with Crippen LogP contribution >= 0.6 is 0 Å². The third-order valence-electron chi connectivity index (χ3n) is 2.81. The van der Waals surface area contributed by atoms with Crippen LogP contribution in [0.1, 0.15) is 15.9 Å². The Morgan fingerprint density at radius 1 is 1.14 bits per heavy atom. The third kappa shape index (κ3) is 3.47. The number of hydrogen-bond donors (Lipinski definition) is 1. The van der Waals surface area contributed by atoms with Crippen molar-refractivity contribution in [3.8, 4) is 5.75 Å². The van der Waals surface area contributed by atoms with Gasteiger partial charge in [-0.2, -0.15) is 0 Å². The Bertz CT molecular complexity index is 674. The fourth-order valence-corrected chi connectivity index (χ4v) is 1.72. The van der Waals surface area contributed by atoms with Crippen LogP contribution < -0.4 is 10.5 Å². The van der Waals surface area contributed by atoms with Crippen molar-refractivity contribution in [1.82, 2.24) is 0 Å². The summed E-state index contributed by atoms with van der Waals surface area (Å²) in [5.41, 5.74) is 6.78. The van der Waals surface area contributed by atoms with Crippen LogP contribution in [0.15, 0.2) is 36.4 Å². The molecule has 0 heterocycles. The van der Waals surface area contributed by atoms with E-state index in [0.717, 1.165) is 12.1 Å². The van der Waals surface area contributed by atoms with Crippen LogP contribution in [0.5, 0.6) is 5.75 Å². The molecule has 2 aromatic carbocycles.